The highest BCUT2D eigenvalue weighted by atomic mass is 15.1. The molecule has 10 aromatic rings. The molecule has 226 valence electrons. The standard InChI is InChI=1S/C45H31N3/c1-2-29-40(28-15-4-3-5-16-28)32-18-8-11-21-36(32)46-45(29)47-37-22-12-9-19-33(37)41-39(47)26-35-31-25-24-27-14-6-7-17-30(27)43(31)48-38-23-13-10-20-34(38)42(41)44(35)48/h3-26,29,45H,2H2,1H3. The van der Waals surface area contributed by atoms with Gasteiger partial charge in [0, 0.05) is 48.8 Å². The lowest BCUT2D eigenvalue weighted by molar-refractivity contribution is 0.403. The van der Waals surface area contributed by atoms with Crippen LogP contribution in [0.4, 0.5) is 0 Å². The molecular formula is C45H31N3. The number of para-hydroxylation sites is 3. The van der Waals surface area contributed by atoms with Crippen molar-refractivity contribution in [3.8, 4) is 0 Å². The highest BCUT2D eigenvalue weighted by molar-refractivity contribution is 6.36. The summed E-state index contributed by atoms with van der Waals surface area (Å²) in [6, 6.07) is 53.6. The summed E-state index contributed by atoms with van der Waals surface area (Å²) in [4.78, 5) is 5.64. The van der Waals surface area contributed by atoms with E-state index in [0.29, 0.717) is 0 Å². The molecule has 2 atom stereocenters. The van der Waals surface area contributed by atoms with Crippen LogP contribution in [-0.4, -0.2) is 8.97 Å². The van der Waals surface area contributed by atoms with E-state index in [2.05, 4.69) is 161 Å². The summed E-state index contributed by atoms with van der Waals surface area (Å²) in [6.45, 7) is 2.32. The Morgan fingerprint density at radius 1 is 0.542 bits per heavy atom. The van der Waals surface area contributed by atoms with Crippen molar-refractivity contribution in [2.24, 2.45) is 10.9 Å². The summed E-state index contributed by atoms with van der Waals surface area (Å²) in [7, 11) is 0. The van der Waals surface area contributed by atoms with Crippen LogP contribution in [0.3, 0.4) is 0 Å². The molecule has 1 aliphatic heterocycles. The molecule has 0 amide bonds. The summed E-state index contributed by atoms with van der Waals surface area (Å²) in [5.74, 6) is 0.197. The lowest BCUT2D eigenvalue weighted by atomic mass is 9.84. The van der Waals surface area contributed by atoms with Crippen LogP contribution in [0.25, 0.3) is 76.2 Å². The summed E-state index contributed by atoms with van der Waals surface area (Å²) < 4.78 is 5.12. The average Bonchev–Trinajstić information content (AvgIpc) is 3.78. The molecule has 0 fully saturated rings. The third kappa shape index (κ3) is 3.26. The third-order valence-corrected chi connectivity index (χ3v) is 11.0. The highest BCUT2D eigenvalue weighted by Gasteiger charge is 2.33. The summed E-state index contributed by atoms with van der Waals surface area (Å²) in [6.07, 6.45) is 0.877. The molecule has 0 spiro atoms. The van der Waals surface area contributed by atoms with Gasteiger partial charge in [0.2, 0.25) is 0 Å². The van der Waals surface area contributed by atoms with Crippen molar-refractivity contribution in [3.63, 3.8) is 0 Å². The van der Waals surface area contributed by atoms with Gasteiger partial charge in [0.05, 0.1) is 32.9 Å². The quantitative estimate of drug-likeness (QED) is 0.189. The van der Waals surface area contributed by atoms with E-state index in [0.717, 1.165) is 11.8 Å². The van der Waals surface area contributed by atoms with Crippen molar-refractivity contribution < 1.29 is 0 Å². The van der Waals surface area contributed by atoms with Gasteiger partial charge < -0.3 is 8.97 Å². The van der Waals surface area contributed by atoms with Crippen molar-refractivity contribution in [2.75, 3.05) is 0 Å². The Bertz CT molecular complexity index is 3050. The van der Waals surface area contributed by atoms with Crippen LogP contribution >= 0.6 is 0 Å². The van der Waals surface area contributed by atoms with Gasteiger partial charge in [-0.3, -0.25) is 4.99 Å². The van der Waals surface area contributed by atoms with Gasteiger partial charge in [-0.15, -0.1) is 0 Å². The van der Waals surface area contributed by atoms with Gasteiger partial charge in [0.25, 0.3) is 0 Å². The largest absolute Gasteiger partial charge is 0.317 e. The topological polar surface area (TPSA) is 21.7 Å². The first kappa shape index (κ1) is 26.2. The summed E-state index contributed by atoms with van der Waals surface area (Å²) in [5.41, 5.74) is 9.02. The molecule has 0 radical (unpaired) electrons. The van der Waals surface area contributed by atoms with Crippen molar-refractivity contribution in [1.29, 1.82) is 0 Å². The van der Waals surface area contributed by atoms with Gasteiger partial charge in [-0.2, -0.15) is 0 Å². The maximum Gasteiger partial charge on any atom is 0.133 e. The number of nitrogens with zero attached hydrogens (tertiary/aromatic N) is 3. The fraction of sp³-hybridized carbons (Fsp3) is 0.0889. The Morgan fingerprint density at radius 3 is 2.06 bits per heavy atom. The van der Waals surface area contributed by atoms with Crippen LogP contribution in [-0.2, 0) is 0 Å². The van der Waals surface area contributed by atoms with Crippen LogP contribution in [0.5, 0.6) is 0 Å². The molecule has 3 aromatic heterocycles. The van der Waals surface area contributed by atoms with E-state index in [9.17, 15) is 0 Å². The average molecular weight is 614 g/mol. The lowest BCUT2D eigenvalue weighted by Crippen LogP contribution is -2.38. The van der Waals surface area contributed by atoms with Gasteiger partial charge in [-0.25, -0.2) is 0 Å². The van der Waals surface area contributed by atoms with Gasteiger partial charge in [-0.05, 0) is 47.2 Å². The van der Waals surface area contributed by atoms with E-state index in [-0.39, 0.29) is 12.1 Å². The first-order valence-electron chi connectivity index (χ1n) is 17.1. The third-order valence-electron chi connectivity index (χ3n) is 11.0. The minimum absolute atomic E-state index is 0.0991. The normalized spacial score (nSPS) is 16.6. The number of aromatic nitrogens is 2. The molecule has 0 saturated heterocycles. The van der Waals surface area contributed by atoms with Crippen molar-refractivity contribution in [3.05, 3.63) is 162 Å². The molecule has 0 saturated carbocycles. The van der Waals surface area contributed by atoms with Gasteiger partial charge in [0.1, 0.15) is 6.17 Å². The predicted octanol–water partition coefficient (Wildman–Crippen LogP) is 10.2. The van der Waals surface area contributed by atoms with Crippen LogP contribution in [0.2, 0.25) is 0 Å². The number of hydrogen-bond donors (Lipinski definition) is 0. The summed E-state index contributed by atoms with van der Waals surface area (Å²) in [5, 5.41) is 12.7. The zero-order chi connectivity index (χ0) is 31.5. The van der Waals surface area contributed by atoms with Gasteiger partial charge in [-0.1, -0.05) is 128 Å². The molecule has 4 heterocycles. The molecule has 0 N–H and O–H groups in total. The molecular weight excluding hydrogens is 583 g/mol. The minimum atomic E-state index is -0.0991. The fourth-order valence-electron chi connectivity index (χ4n) is 9.11. The predicted molar refractivity (Wildman–Crippen MR) is 201 cm³/mol. The molecule has 1 aliphatic rings. The second-order valence-electron chi connectivity index (χ2n) is 13.3. The van der Waals surface area contributed by atoms with Crippen LogP contribution in [0.1, 0.15) is 25.1 Å². The Kier molecular flexibility index (Phi) is 5.21. The Labute approximate surface area is 276 Å². The number of fused-ring (bicyclic) bond motifs is 13. The van der Waals surface area contributed by atoms with E-state index in [1.54, 1.807) is 0 Å². The van der Waals surface area contributed by atoms with Crippen LogP contribution in [0, 0.1) is 5.92 Å². The zero-order valence-electron chi connectivity index (χ0n) is 26.6. The van der Waals surface area contributed by atoms with E-state index in [1.807, 2.05) is 0 Å². The number of benzene rings is 7. The van der Waals surface area contributed by atoms with Crippen molar-refractivity contribution in [2.45, 2.75) is 19.5 Å². The molecule has 48 heavy (non-hydrogen) atoms. The summed E-state index contributed by atoms with van der Waals surface area (Å²) >= 11 is 0. The number of rotatable bonds is 3. The molecule has 0 bridgehead atoms. The smallest absolute Gasteiger partial charge is 0.133 e. The second kappa shape index (κ2) is 9.56. The Balaban J connectivity index is 1.35. The Morgan fingerprint density at radius 2 is 1.23 bits per heavy atom. The molecule has 11 rings (SSSR count). The first-order chi connectivity index (χ1) is 23.8. The van der Waals surface area contributed by atoms with Crippen molar-refractivity contribution >= 4 is 76.2 Å². The van der Waals surface area contributed by atoms with Gasteiger partial charge in [0.15, 0.2) is 0 Å². The number of hydrogen-bond acceptors (Lipinski definition) is 1. The van der Waals surface area contributed by atoms with Gasteiger partial charge >= 0.3 is 0 Å². The molecule has 7 aromatic carbocycles. The lowest BCUT2D eigenvalue weighted by Gasteiger charge is -2.31. The molecule has 0 aliphatic carbocycles. The second-order valence-corrected chi connectivity index (χ2v) is 13.3. The van der Waals surface area contributed by atoms with E-state index >= 15 is 0 Å². The van der Waals surface area contributed by atoms with Crippen LogP contribution in [0.15, 0.2) is 151 Å². The minimum Gasteiger partial charge on any atom is -0.317 e. The fourth-order valence-corrected chi connectivity index (χ4v) is 9.11. The maximum absolute atomic E-state index is 5.64. The van der Waals surface area contributed by atoms with Crippen molar-refractivity contribution in [1.82, 2.24) is 8.97 Å². The maximum atomic E-state index is 5.64. The Hall–Kier alpha value is -5.93. The van der Waals surface area contributed by atoms with Crippen LogP contribution < -0.4 is 10.6 Å². The monoisotopic (exact) mass is 613 g/mol. The van der Waals surface area contributed by atoms with E-state index in [1.165, 1.54) is 87.0 Å². The SMILES string of the molecule is CCC1C(c2ccccc2)=c2ccccc2=NC1n1c2ccccc2c2c3c4ccccc4n4c5c6ccccc6ccc5c(cc21)c34. The molecule has 2 unspecified atom stereocenters. The van der Waals surface area contributed by atoms with E-state index in [4.69, 9.17) is 4.99 Å². The van der Waals surface area contributed by atoms with E-state index < -0.39 is 0 Å². The molecule has 3 nitrogen and oxygen atoms in total. The highest BCUT2D eigenvalue weighted by Crippen LogP contribution is 2.49. The zero-order valence-corrected chi connectivity index (χ0v) is 26.6. The first-order valence-corrected chi connectivity index (χ1v) is 17.1. The molecule has 3 heteroatoms.